The Kier molecular flexibility index (Phi) is 7.45. The van der Waals surface area contributed by atoms with E-state index >= 15 is 0 Å². The van der Waals surface area contributed by atoms with Crippen molar-refractivity contribution in [3.8, 4) is 0 Å². The van der Waals surface area contributed by atoms with Gasteiger partial charge in [-0.3, -0.25) is 0 Å². The van der Waals surface area contributed by atoms with E-state index in [1.54, 1.807) is 0 Å². The average Bonchev–Trinajstić information content (AvgIpc) is 3.13. The van der Waals surface area contributed by atoms with Gasteiger partial charge in [0.2, 0.25) is 0 Å². The standard InChI is InChI=1S/C24H22Cl2N4O2S/c1-14-20-22(28-12-16-6-4-8-18(26)10-16)29-19(30-23(20)33-21(14)24(31)32-2)13-27-11-15-5-3-7-17(25)9-15/h3-10,27H,11-13H2,1-2H3,(H,28,29,30). The fraction of sp³-hybridized carbons (Fsp3) is 0.208. The van der Waals surface area contributed by atoms with E-state index in [4.69, 9.17) is 37.9 Å². The van der Waals surface area contributed by atoms with Crippen LogP contribution in [0.3, 0.4) is 0 Å². The fourth-order valence-electron chi connectivity index (χ4n) is 3.48. The van der Waals surface area contributed by atoms with E-state index in [9.17, 15) is 4.79 Å². The molecule has 2 N–H and O–H groups in total. The number of aromatic nitrogens is 2. The number of carbonyl (C=O) groups excluding carboxylic acids is 1. The van der Waals surface area contributed by atoms with E-state index in [2.05, 4.69) is 10.6 Å². The topological polar surface area (TPSA) is 76.1 Å². The lowest BCUT2D eigenvalue weighted by Crippen LogP contribution is -2.16. The van der Waals surface area contributed by atoms with Crippen LogP contribution in [0.5, 0.6) is 0 Å². The molecule has 6 nitrogen and oxygen atoms in total. The Morgan fingerprint density at radius 2 is 1.67 bits per heavy atom. The lowest BCUT2D eigenvalue weighted by Gasteiger charge is -2.11. The van der Waals surface area contributed by atoms with Gasteiger partial charge >= 0.3 is 5.97 Å². The predicted octanol–water partition coefficient (Wildman–Crippen LogP) is 6.00. The van der Waals surface area contributed by atoms with Gasteiger partial charge in [0.05, 0.1) is 19.0 Å². The first-order valence-corrected chi connectivity index (χ1v) is 11.8. The van der Waals surface area contributed by atoms with E-state index in [-0.39, 0.29) is 5.97 Å². The number of fused-ring (bicyclic) bond motifs is 1. The molecular weight excluding hydrogens is 479 g/mol. The number of esters is 1. The van der Waals surface area contributed by atoms with E-state index in [0.717, 1.165) is 26.9 Å². The molecule has 2 heterocycles. The number of benzene rings is 2. The van der Waals surface area contributed by atoms with E-state index < -0.39 is 0 Å². The minimum absolute atomic E-state index is 0.378. The van der Waals surface area contributed by atoms with E-state index in [1.807, 2.05) is 55.5 Å². The number of hydrogen-bond donors (Lipinski definition) is 2. The molecule has 4 rings (SSSR count). The summed E-state index contributed by atoms with van der Waals surface area (Å²) in [6, 6.07) is 15.3. The SMILES string of the molecule is COC(=O)c1sc2nc(CNCc3cccc(Cl)c3)nc(NCc3cccc(Cl)c3)c2c1C. The second-order valence-electron chi connectivity index (χ2n) is 7.43. The number of halogens is 2. The number of aryl methyl sites for hydroxylation is 1. The van der Waals surface area contributed by atoms with Crippen molar-refractivity contribution in [2.75, 3.05) is 12.4 Å². The highest BCUT2D eigenvalue weighted by Crippen LogP contribution is 2.34. The number of nitrogens with one attached hydrogen (secondary N) is 2. The van der Waals surface area contributed by atoms with Gasteiger partial charge in [0, 0.05) is 23.1 Å². The number of methoxy groups -OCH3 is 1. The van der Waals surface area contributed by atoms with Gasteiger partial charge in [-0.25, -0.2) is 14.8 Å². The minimum atomic E-state index is -0.378. The molecule has 0 radical (unpaired) electrons. The summed E-state index contributed by atoms with van der Waals surface area (Å²) in [4.78, 5) is 23.0. The molecule has 0 spiro atoms. The zero-order valence-electron chi connectivity index (χ0n) is 18.1. The zero-order valence-corrected chi connectivity index (χ0v) is 20.4. The largest absolute Gasteiger partial charge is 0.465 e. The minimum Gasteiger partial charge on any atom is -0.465 e. The molecule has 0 fully saturated rings. The number of anilines is 1. The van der Waals surface area contributed by atoms with Crippen LogP contribution >= 0.6 is 34.5 Å². The summed E-state index contributed by atoms with van der Waals surface area (Å²) in [7, 11) is 1.38. The summed E-state index contributed by atoms with van der Waals surface area (Å²) >= 11 is 13.5. The van der Waals surface area contributed by atoms with Gasteiger partial charge in [-0.2, -0.15) is 0 Å². The van der Waals surface area contributed by atoms with Crippen LogP contribution in [0.2, 0.25) is 10.0 Å². The van der Waals surface area contributed by atoms with Crippen LogP contribution in [0.25, 0.3) is 10.2 Å². The molecule has 2 aromatic heterocycles. The molecule has 0 atom stereocenters. The molecule has 170 valence electrons. The summed E-state index contributed by atoms with van der Waals surface area (Å²) in [5.41, 5.74) is 2.90. The Balaban J connectivity index is 1.62. The van der Waals surface area contributed by atoms with Gasteiger partial charge < -0.3 is 15.4 Å². The van der Waals surface area contributed by atoms with Gasteiger partial charge in [0.1, 0.15) is 21.3 Å². The molecule has 0 bridgehead atoms. The molecule has 0 aliphatic heterocycles. The maximum atomic E-state index is 12.3. The van der Waals surface area contributed by atoms with Crippen molar-refractivity contribution in [3.63, 3.8) is 0 Å². The molecule has 9 heteroatoms. The smallest absolute Gasteiger partial charge is 0.348 e. The van der Waals surface area contributed by atoms with Crippen LogP contribution < -0.4 is 10.6 Å². The number of ether oxygens (including phenoxy) is 1. The van der Waals surface area contributed by atoms with Crippen molar-refractivity contribution in [1.29, 1.82) is 0 Å². The Bertz CT molecular complexity index is 1310. The summed E-state index contributed by atoms with van der Waals surface area (Å²) in [5, 5.41) is 8.95. The second kappa shape index (κ2) is 10.5. The molecule has 0 aliphatic rings. The lowest BCUT2D eigenvalue weighted by atomic mass is 10.2. The van der Waals surface area contributed by atoms with Crippen molar-refractivity contribution in [2.45, 2.75) is 26.6 Å². The molecule has 0 aliphatic carbocycles. The van der Waals surface area contributed by atoms with Crippen molar-refractivity contribution in [3.05, 3.63) is 86.0 Å². The Hall–Kier alpha value is -2.71. The van der Waals surface area contributed by atoms with Crippen molar-refractivity contribution >= 4 is 56.5 Å². The van der Waals surface area contributed by atoms with Gasteiger partial charge in [-0.05, 0) is 47.9 Å². The lowest BCUT2D eigenvalue weighted by molar-refractivity contribution is 0.0605. The normalized spacial score (nSPS) is 11.0. The molecule has 0 unspecified atom stereocenters. The number of rotatable bonds is 8. The van der Waals surface area contributed by atoms with Gasteiger partial charge in [-0.15, -0.1) is 11.3 Å². The number of hydrogen-bond acceptors (Lipinski definition) is 7. The first-order chi connectivity index (χ1) is 15.9. The highest BCUT2D eigenvalue weighted by atomic mass is 35.5. The summed E-state index contributed by atoms with van der Waals surface area (Å²) in [6.07, 6.45) is 0. The summed E-state index contributed by atoms with van der Waals surface area (Å²) in [6.45, 7) is 3.50. The molecule has 2 aromatic carbocycles. The van der Waals surface area contributed by atoms with E-state index in [1.165, 1.54) is 18.4 Å². The Labute approximate surface area is 205 Å². The molecule has 0 amide bonds. The van der Waals surface area contributed by atoms with Gasteiger partial charge in [0.15, 0.2) is 0 Å². The Morgan fingerprint density at radius 1 is 1.00 bits per heavy atom. The molecule has 33 heavy (non-hydrogen) atoms. The second-order valence-corrected chi connectivity index (χ2v) is 9.31. The molecule has 4 aromatic rings. The number of nitrogens with zero attached hydrogens (tertiary/aromatic N) is 2. The maximum Gasteiger partial charge on any atom is 0.348 e. The first-order valence-electron chi connectivity index (χ1n) is 10.3. The third-order valence-electron chi connectivity index (χ3n) is 5.06. The highest BCUT2D eigenvalue weighted by molar-refractivity contribution is 7.20. The van der Waals surface area contributed by atoms with Crippen LogP contribution in [0, 0.1) is 6.92 Å². The first kappa shape index (κ1) is 23.4. The summed E-state index contributed by atoms with van der Waals surface area (Å²) in [5.74, 6) is 0.913. The van der Waals surface area contributed by atoms with Crippen LogP contribution in [-0.2, 0) is 24.4 Å². The van der Waals surface area contributed by atoms with Crippen molar-refractivity contribution < 1.29 is 9.53 Å². The quantitative estimate of drug-likeness (QED) is 0.289. The molecule has 0 saturated carbocycles. The Morgan fingerprint density at radius 3 is 2.30 bits per heavy atom. The van der Waals surface area contributed by atoms with Crippen LogP contribution in [-0.4, -0.2) is 23.0 Å². The fourth-order valence-corrected chi connectivity index (χ4v) is 5.02. The third kappa shape index (κ3) is 5.62. The van der Waals surface area contributed by atoms with E-state index in [0.29, 0.717) is 46.2 Å². The number of carbonyl (C=O) groups is 1. The van der Waals surface area contributed by atoms with Gasteiger partial charge in [0.25, 0.3) is 0 Å². The van der Waals surface area contributed by atoms with Crippen molar-refractivity contribution in [2.24, 2.45) is 0 Å². The van der Waals surface area contributed by atoms with Crippen molar-refractivity contribution in [1.82, 2.24) is 15.3 Å². The zero-order chi connectivity index (χ0) is 23.4. The predicted molar refractivity (Wildman–Crippen MR) is 134 cm³/mol. The average molecular weight is 501 g/mol. The molecular formula is C24H22Cl2N4O2S. The van der Waals surface area contributed by atoms with Gasteiger partial charge in [-0.1, -0.05) is 47.5 Å². The van der Waals surface area contributed by atoms with Crippen LogP contribution in [0.15, 0.2) is 48.5 Å². The third-order valence-corrected chi connectivity index (χ3v) is 6.69. The molecule has 0 saturated heterocycles. The van der Waals surface area contributed by atoms with Crippen LogP contribution in [0.1, 0.15) is 32.2 Å². The monoisotopic (exact) mass is 500 g/mol. The van der Waals surface area contributed by atoms with Crippen LogP contribution in [0.4, 0.5) is 5.82 Å². The highest BCUT2D eigenvalue weighted by Gasteiger charge is 2.21. The summed E-state index contributed by atoms with van der Waals surface area (Å²) < 4.78 is 4.95. The number of thiophene rings is 1. The maximum absolute atomic E-state index is 12.3.